The molecule has 0 atom stereocenters. The summed E-state index contributed by atoms with van der Waals surface area (Å²) in [5, 5.41) is 0. The number of nitrogens with zero attached hydrogens (tertiary/aromatic N) is 2. The van der Waals surface area contributed by atoms with Gasteiger partial charge in [-0.2, -0.15) is 0 Å². The number of hydrogen-bond acceptors (Lipinski definition) is 3. The smallest absolute Gasteiger partial charge is 0.137 e. The van der Waals surface area contributed by atoms with Crippen LogP contribution in [0.25, 0.3) is 17.4 Å². The summed E-state index contributed by atoms with van der Waals surface area (Å²) in [6.45, 7) is 2.57. The molecule has 0 N–H and O–H groups in total. The van der Waals surface area contributed by atoms with Crippen LogP contribution >= 0.6 is 24.8 Å². The van der Waals surface area contributed by atoms with Crippen molar-refractivity contribution in [3.8, 4) is 11.3 Å². The third-order valence-corrected chi connectivity index (χ3v) is 4.51. The molecular weight excluding hydrogens is 398 g/mol. The Kier molecular flexibility index (Phi) is 7.55. The summed E-state index contributed by atoms with van der Waals surface area (Å²) in [5.74, 6) is 0.999. The topological polar surface area (TPSA) is 38.4 Å². The van der Waals surface area contributed by atoms with Crippen molar-refractivity contribution in [2.75, 3.05) is 6.54 Å². The summed E-state index contributed by atoms with van der Waals surface area (Å²) in [6, 6.07) is 12.9. The molecule has 0 aliphatic carbocycles. The number of halogens is 3. The zero-order valence-corrected chi connectivity index (χ0v) is 17.0. The largest absolute Gasteiger partial charge is 0.457 e. The second-order valence-electron chi connectivity index (χ2n) is 6.38. The number of benzene rings is 1. The Labute approximate surface area is 176 Å². The van der Waals surface area contributed by atoms with Crippen molar-refractivity contribution in [1.29, 1.82) is 0 Å². The fraction of sp³-hybridized carbons (Fsp3) is 0.182. The molecule has 3 nitrogen and oxygen atoms in total. The number of aromatic nitrogens is 1. The van der Waals surface area contributed by atoms with Crippen molar-refractivity contribution in [3.63, 3.8) is 0 Å². The summed E-state index contributed by atoms with van der Waals surface area (Å²) in [6.07, 6.45) is 7.53. The van der Waals surface area contributed by atoms with Gasteiger partial charge in [0.2, 0.25) is 0 Å². The number of furan rings is 1. The lowest BCUT2D eigenvalue weighted by Crippen LogP contribution is -2.11. The van der Waals surface area contributed by atoms with Crippen LogP contribution < -0.4 is 0 Å². The van der Waals surface area contributed by atoms with Gasteiger partial charge in [0.1, 0.15) is 17.3 Å². The van der Waals surface area contributed by atoms with Crippen LogP contribution in [0.2, 0.25) is 0 Å². The Morgan fingerprint density at radius 1 is 1.07 bits per heavy atom. The summed E-state index contributed by atoms with van der Waals surface area (Å²) in [4.78, 5) is 8.86. The van der Waals surface area contributed by atoms with E-state index in [2.05, 4.69) is 9.98 Å². The molecule has 6 heteroatoms. The van der Waals surface area contributed by atoms with E-state index in [1.165, 1.54) is 0 Å². The maximum Gasteiger partial charge on any atom is 0.137 e. The average molecular weight is 419 g/mol. The molecule has 0 unspecified atom stereocenters. The minimum Gasteiger partial charge on any atom is -0.457 e. The van der Waals surface area contributed by atoms with Gasteiger partial charge in [0, 0.05) is 24.5 Å². The van der Waals surface area contributed by atoms with Crippen molar-refractivity contribution in [2.45, 2.75) is 19.8 Å². The van der Waals surface area contributed by atoms with Gasteiger partial charge in [-0.3, -0.25) is 9.98 Å². The highest BCUT2D eigenvalue weighted by molar-refractivity contribution is 6.15. The number of allylic oxidation sites excluding steroid dienone is 1. The van der Waals surface area contributed by atoms with Gasteiger partial charge >= 0.3 is 0 Å². The summed E-state index contributed by atoms with van der Waals surface area (Å²) in [5.41, 5.74) is 4.19. The Morgan fingerprint density at radius 2 is 1.93 bits per heavy atom. The van der Waals surface area contributed by atoms with E-state index >= 15 is 0 Å². The molecule has 4 rings (SSSR count). The molecule has 0 bridgehead atoms. The van der Waals surface area contributed by atoms with Gasteiger partial charge in [-0.25, -0.2) is 4.39 Å². The molecule has 0 amide bonds. The first-order valence-corrected chi connectivity index (χ1v) is 8.73. The van der Waals surface area contributed by atoms with Crippen molar-refractivity contribution < 1.29 is 8.81 Å². The lowest BCUT2D eigenvalue weighted by Gasteiger charge is -2.15. The third-order valence-electron chi connectivity index (χ3n) is 4.51. The normalized spacial score (nSPS) is 14.8. The first-order chi connectivity index (χ1) is 12.7. The Bertz CT molecular complexity index is 997. The second-order valence-corrected chi connectivity index (χ2v) is 6.38. The minimum absolute atomic E-state index is 0. The molecule has 0 saturated heterocycles. The van der Waals surface area contributed by atoms with Crippen molar-refractivity contribution in [2.24, 2.45) is 4.99 Å². The van der Waals surface area contributed by atoms with Crippen LogP contribution in [0, 0.1) is 12.7 Å². The van der Waals surface area contributed by atoms with E-state index in [0.717, 1.165) is 36.2 Å². The first kappa shape index (κ1) is 21.9. The first-order valence-electron chi connectivity index (χ1n) is 8.73. The lowest BCUT2D eigenvalue weighted by atomic mass is 9.96. The predicted octanol–water partition coefficient (Wildman–Crippen LogP) is 6.30. The maximum atomic E-state index is 14.3. The third kappa shape index (κ3) is 4.51. The van der Waals surface area contributed by atoms with Gasteiger partial charge in [-0.15, -0.1) is 24.8 Å². The molecular formula is C22H21Cl2FN2O. The number of aliphatic imine (C=N–C) groups is 1. The Balaban J connectivity index is 0.00000140. The zero-order chi connectivity index (χ0) is 17.9. The van der Waals surface area contributed by atoms with Crippen molar-refractivity contribution >= 4 is 36.6 Å². The highest BCUT2D eigenvalue weighted by Crippen LogP contribution is 2.29. The molecule has 0 radical (unpaired) electrons. The van der Waals surface area contributed by atoms with E-state index in [9.17, 15) is 4.39 Å². The fourth-order valence-electron chi connectivity index (χ4n) is 3.18. The fourth-order valence-corrected chi connectivity index (χ4v) is 3.18. The summed E-state index contributed by atoms with van der Waals surface area (Å²) >= 11 is 0. The molecule has 3 heterocycles. The number of rotatable bonds is 3. The van der Waals surface area contributed by atoms with Crippen molar-refractivity contribution in [3.05, 3.63) is 83.1 Å². The van der Waals surface area contributed by atoms with Crippen LogP contribution in [-0.4, -0.2) is 17.2 Å². The van der Waals surface area contributed by atoms with E-state index in [-0.39, 0.29) is 30.6 Å². The number of aryl methyl sites for hydroxylation is 1. The van der Waals surface area contributed by atoms with Gasteiger partial charge in [-0.05, 0) is 67.3 Å². The van der Waals surface area contributed by atoms with Gasteiger partial charge < -0.3 is 4.42 Å². The standard InChI is InChI=1S/C22H19FN2O.2ClH/c1-15-5-2-8-19(21(15)23)20-10-9-18(26-20)13-16-6-4-12-25-22(16)17-7-3-11-24-14-17;;/h2-3,5,7-11,13-14H,4,6,12H2,1H3;2*1H/b16-13+;;. The molecule has 1 aliphatic heterocycles. The Hall–Kier alpha value is -2.43. The lowest BCUT2D eigenvalue weighted by molar-refractivity contribution is 0.559. The monoisotopic (exact) mass is 418 g/mol. The molecule has 28 heavy (non-hydrogen) atoms. The van der Waals surface area contributed by atoms with Crippen LogP contribution in [-0.2, 0) is 0 Å². The van der Waals surface area contributed by atoms with Crippen molar-refractivity contribution in [1.82, 2.24) is 4.98 Å². The van der Waals surface area contributed by atoms with Gasteiger partial charge in [0.15, 0.2) is 0 Å². The van der Waals surface area contributed by atoms with Crippen LogP contribution in [0.4, 0.5) is 4.39 Å². The highest BCUT2D eigenvalue weighted by Gasteiger charge is 2.16. The molecule has 0 fully saturated rings. The summed E-state index contributed by atoms with van der Waals surface area (Å²) in [7, 11) is 0. The molecule has 146 valence electrons. The minimum atomic E-state index is -0.240. The van der Waals surface area contributed by atoms with Crippen LogP contribution in [0.15, 0.2) is 69.8 Å². The molecule has 1 aromatic carbocycles. The van der Waals surface area contributed by atoms with Gasteiger partial charge in [0.25, 0.3) is 0 Å². The predicted molar refractivity (Wildman–Crippen MR) is 116 cm³/mol. The average Bonchev–Trinajstić information content (AvgIpc) is 3.13. The van der Waals surface area contributed by atoms with E-state index in [1.807, 2.05) is 42.6 Å². The van der Waals surface area contributed by atoms with E-state index in [4.69, 9.17) is 4.42 Å². The maximum absolute atomic E-state index is 14.3. The highest BCUT2D eigenvalue weighted by atomic mass is 35.5. The van der Waals surface area contributed by atoms with E-state index in [0.29, 0.717) is 22.6 Å². The SMILES string of the molecule is Cc1cccc(-c2ccc(/C=C3\CCCN=C3c3cccnc3)o2)c1F.Cl.Cl. The second kappa shape index (κ2) is 9.67. The quantitative estimate of drug-likeness (QED) is 0.500. The number of pyridine rings is 1. The van der Waals surface area contributed by atoms with Crippen LogP contribution in [0.1, 0.15) is 29.7 Å². The van der Waals surface area contributed by atoms with Crippen LogP contribution in [0.5, 0.6) is 0 Å². The van der Waals surface area contributed by atoms with Crippen LogP contribution in [0.3, 0.4) is 0 Å². The molecule has 2 aromatic heterocycles. The molecule has 3 aromatic rings. The molecule has 0 spiro atoms. The molecule has 0 saturated carbocycles. The van der Waals surface area contributed by atoms with E-state index in [1.54, 1.807) is 25.3 Å². The molecule has 1 aliphatic rings. The van der Waals surface area contributed by atoms with E-state index < -0.39 is 0 Å². The van der Waals surface area contributed by atoms with Gasteiger partial charge in [0.05, 0.1) is 11.3 Å². The Morgan fingerprint density at radius 3 is 2.71 bits per heavy atom. The van der Waals surface area contributed by atoms with Gasteiger partial charge in [-0.1, -0.05) is 12.1 Å². The zero-order valence-electron chi connectivity index (χ0n) is 15.4. The summed E-state index contributed by atoms with van der Waals surface area (Å²) < 4.78 is 20.2. The number of hydrogen-bond donors (Lipinski definition) is 0.